The van der Waals surface area contributed by atoms with E-state index < -0.39 is 17.9 Å². The minimum Gasteiger partial charge on any atom is -0.486 e. The van der Waals surface area contributed by atoms with Crippen LogP contribution in [0.25, 0.3) is 0 Å². The molecule has 0 aliphatic heterocycles. The third-order valence-corrected chi connectivity index (χ3v) is 4.49. The van der Waals surface area contributed by atoms with E-state index in [1.165, 1.54) is 0 Å². The monoisotopic (exact) mass is 498 g/mol. The number of hydrogen-bond donors (Lipinski definition) is 0. The fourth-order valence-corrected chi connectivity index (χ4v) is 2.69. The molecule has 0 heterocycles. The summed E-state index contributed by atoms with van der Waals surface area (Å²) in [4.78, 5) is 0. The molecule has 0 amide bonds. The lowest BCUT2D eigenvalue weighted by Crippen LogP contribution is -2.31. The first-order chi connectivity index (χ1) is 13.0. The van der Waals surface area contributed by atoms with Gasteiger partial charge in [0.05, 0.1) is 0 Å². The molecule has 3 aromatic carbocycles. The molecule has 27 heavy (non-hydrogen) atoms. The average Bonchev–Trinajstić information content (AvgIpc) is 2.66. The maximum Gasteiger partial charge on any atom is 0.275 e. The van der Waals surface area contributed by atoms with Gasteiger partial charge < -0.3 is 14.2 Å². The second-order valence-electron chi connectivity index (χ2n) is 5.46. The molecule has 1 unspecified atom stereocenters. The van der Waals surface area contributed by atoms with Crippen molar-refractivity contribution in [3.8, 4) is 17.2 Å². The van der Waals surface area contributed by atoms with E-state index in [1.54, 1.807) is 36.4 Å². The van der Waals surface area contributed by atoms with Crippen molar-refractivity contribution in [1.82, 2.24) is 0 Å². The minimum absolute atomic E-state index is 0.0341. The van der Waals surface area contributed by atoms with Crippen molar-refractivity contribution in [1.29, 1.82) is 0 Å². The van der Waals surface area contributed by atoms with Gasteiger partial charge in [0.15, 0.2) is 18.2 Å². The maximum absolute atomic E-state index is 13.9. The second kappa shape index (κ2) is 9.19. The molecule has 3 nitrogen and oxygen atoms in total. The number of ether oxygens (including phenoxy) is 3. The van der Waals surface area contributed by atoms with Gasteiger partial charge in [-0.25, -0.2) is 8.78 Å². The molecule has 0 spiro atoms. The molecule has 0 saturated carbocycles. The third kappa shape index (κ3) is 5.94. The van der Waals surface area contributed by atoms with Crippen LogP contribution in [0.3, 0.4) is 0 Å². The zero-order valence-electron chi connectivity index (χ0n) is 13.9. The van der Waals surface area contributed by atoms with Crippen molar-refractivity contribution in [2.45, 2.75) is 6.29 Å². The van der Waals surface area contributed by atoms with Crippen molar-refractivity contribution in [3.05, 3.63) is 87.3 Å². The summed E-state index contributed by atoms with van der Waals surface area (Å²) in [7, 11) is 0. The minimum atomic E-state index is -0.994. The van der Waals surface area contributed by atoms with Crippen LogP contribution >= 0.6 is 31.9 Å². The van der Waals surface area contributed by atoms with E-state index in [0.29, 0.717) is 11.5 Å². The van der Waals surface area contributed by atoms with Crippen LogP contribution in [0.5, 0.6) is 17.2 Å². The molecule has 0 aliphatic rings. The second-order valence-corrected chi connectivity index (χ2v) is 7.29. The van der Waals surface area contributed by atoms with Gasteiger partial charge in [0.1, 0.15) is 17.3 Å². The summed E-state index contributed by atoms with van der Waals surface area (Å²) in [6.45, 7) is -0.0341. The molecule has 0 saturated heterocycles. The normalized spacial score (nSPS) is 11.7. The Morgan fingerprint density at radius 2 is 1.33 bits per heavy atom. The Hall–Kier alpha value is -2.12. The van der Waals surface area contributed by atoms with E-state index in [0.717, 1.165) is 27.1 Å². The van der Waals surface area contributed by atoms with E-state index in [4.69, 9.17) is 14.2 Å². The molecule has 3 aromatic rings. The summed E-state index contributed by atoms with van der Waals surface area (Å²) in [5.74, 6) is -0.464. The van der Waals surface area contributed by atoms with Gasteiger partial charge in [-0.05, 0) is 60.7 Å². The van der Waals surface area contributed by atoms with Crippen LogP contribution in [-0.4, -0.2) is 12.9 Å². The first-order valence-electron chi connectivity index (χ1n) is 7.92. The van der Waals surface area contributed by atoms with Gasteiger partial charge in [-0.1, -0.05) is 31.9 Å². The summed E-state index contributed by atoms with van der Waals surface area (Å²) < 4.78 is 46.1. The largest absolute Gasteiger partial charge is 0.486 e. The van der Waals surface area contributed by atoms with E-state index in [1.807, 2.05) is 12.1 Å². The quantitative estimate of drug-likeness (QED) is 0.354. The van der Waals surface area contributed by atoms with Crippen molar-refractivity contribution in [3.63, 3.8) is 0 Å². The lowest BCUT2D eigenvalue weighted by molar-refractivity contribution is -0.0300. The average molecular weight is 500 g/mol. The first-order valence-corrected chi connectivity index (χ1v) is 9.50. The molecular weight excluding hydrogens is 486 g/mol. The van der Waals surface area contributed by atoms with Gasteiger partial charge in [-0.15, -0.1) is 0 Å². The fraction of sp³-hybridized carbons (Fsp3) is 0.100. The van der Waals surface area contributed by atoms with Crippen molar-refractivity contribution in [2.75, 3.05) is 6.61 Å². The molecule has 3 rings (SSSR count). The molecular formula is C20H14Br2F2O3. The van der Waals surface area contributed by atoms with Crippen LogP contribution in [0, 0.1) is 11.6 Å². The smallest absolute Gasteiger partial charge is 0.275 e. The summed E-state index contributed by atoms with van der Waals surface area (Å²) in [6, 6.07) is 17.2. The number of rotatable bonds is 7. The van der Waals surface area contributed by atoms with Gasteiger partial charge in [0.25, 0.3) is 6.29 Å². The number of benzene rings is 3. The van der Waals surface area contributed by atoms with Gasteiger partial charge in [0.2, 0.25) is 0 Å². The fourth-order valence-electron chi connectivity index (χ4n) is 2.16. The Kier molecular flexibility index (Phi) is 6.68. The van der Waals surface area contributed by atoms with E-state index in [2.05, 4.69) is 31.9 Å². The van der Waals surface area contributed by atoms with Gasteiger partial charge in [-0.3, -0.25) is 0 Å². The zero-order chi connectivity index (χ0) is 19.2. The van der Waals surface area contributed by atoms with E-state index >= 15 is 0 Å². The summed E-state index contributed by atoms with van der Waals surface area (Å²) >= 11 is 6.69. The molecule has 140 valence electrons. The SMILES string of the molecule is Fc1ccc(F)c(OC(COc2ccc(Br)cc2)Oc2ccc(Br)cc2)c1. The molecule has 0 radical (unpaired) electrons. The molecule has 0 aromatic heterocycles. The molecule has 1 atom stereocenters. The zero-order valence-corrected chi connectivity index (χ0v) is 17.0. The Bertz CT molecular complexity index is 887. The van der Waals surface area contributed by atoms with Crippen LogP contribution < -0.4 is 14.2 Å². The standard InChI is InChI=1S/C20H14Br2F2O3/c21-13-1-6-16(7-2-13)25-12-20(26-17-8-3-14(22)4-9-17)27-19-11-15(23)5-10-18(19)24/h1-11,20H,12H2. The van der Waals surface area contributed by atoms with E-state index in [9.17, 15) is 8.78 Å². The molecule has 7 heteroatoms. The molecule has 0 N–H and O–H groups in total. The highest BCUT2D eigenvalue weighted by Crippen LogP contribution is 2.23. The summed E-state index contributed by atoms with van der Waals surface area (Å²) in [5, 5.41) is 0. The summed E-state index contributed by atoms with van der Waals surface area (Å²) in [6.07, 6.45) is -0.994. The van der Waals surface area contributed by atoms with E-state index in [-0.39, 0.29) is 12.4 Å². The van der Waals surface area contributed by atoms with Crippen LogP contribution in [-0.2, 0) is 0 Å². The van der Waals surface area contributed by atoms with Gasteiger partial charge in [0, 0.05) is 15.0 Å². The lowest BCUT2D eigenvalue weighted by atomic mass is 10.3. The predicted octanol–water partition coefficient (Wildman–Crippen LogP) is 6.35. The predicted molar refractivity (Wildman–Crippen MR) is 105 cm³/mol. The summed E-state index contributed by atoms with van der Waals surface area (Å²) in [5.41, 5.74) is 0. The topological polar surface area (TPSA) is 27.7 Å². The Morgan fingerprint density at radius 3 is 1.96 bits per heavy atom. The molecule has 0 aliphatic carbocycles. The number of hydrogen-bond acceptors (Lipinski definition) is 3. The Morgan fingerprint density at radius 1 is 0.741 bits per heavy atom. The van der Waals surface area contributed by atoms with Gasteiger partial charge in [-0.2, -0.15) is 0 Å². The molecule has 0 fully saturated rings. The first kappa shape index (κ1) is 19.6. The third-order valence-electron chi connectivity index (χ3n) is 3.43. The van der Waals surface area contributed by atoms with Crippen LogP contribution in [0.2, 0.25) is 0 Å². The highest BCUT2D eigenvalue weighted by molar-refractivity contribution is 9.10. The number of halogens is 4. The molecule has 0 bridgehead atoms. The van der Waals surface area contributed by atoms with Crippen molar-refractivity contribution in [2.24, 2.45) is 0 Å². The maximum atomic E-state index is 13.9. The Balaban J connectivity index is 1.75. The van der Waals surface area contributed by atoms with Crippen molar-refractivity contribution >= 4 is 31.9 Å². The van der Waals surface area contributed by atoms with Gasteiger partial charge >= 0.3 is 0 Å². The van der Waals surface area contributed by atoms with Crippen LogP contribution in [0.1, 0.15) is 0 Å². The highest BCUT2D eigenvalue weighted by Gasteiger charge is 2.17. The van der Waals surface area contributed by atoms with Crippen LogP contribution in [0.4, 0.5) is 8.78 Å². The Labute approximate surface area is 172 Å². The highest BCUT2D eigenvalue weighted by atomic mass is 79.9. The lowest BCUT2D eigenvalue weighted by Gasteiger charge is -2.21. The van der Waals surface area contributed by atoms with Crippen molar-refractivity contribution < 1.29 is 23.0 Å². The van der Waals surface area contributed by atoms with Crippen LogP contribution in [0.15, 0.2) is 75.7 Å².